The minimum atomic E-state index is 0.0204. The largest absolute Gasteiger partial charge is 0.360 e. The van der Waals surface area contributed by atoms with Crippen molar-refractivity contribution in [2.75, 3.05) is 4.90 Å². The molecule has 0 spiro atoms. The van der Waals surface area contributed by atoms with Gasteiger partial charge in [-0.05, 0) is 124 Å². The second kappa shape index (κ2) is 15.8. The second-order valence-electron chi connectivity index (χ2n) is 20.4. The van der Waals surface area contributed by atoms with Gasteiger partial charge in [-0.2, -0.15) is 0 Å². The van der Waals surface area contributed by atoms with Crippen LogP contribution in [-0.4, -0.2) is 31.6 Å². The third-order valence-corrected chi connectivity index (χ3v) is 16.6. The van der Waals surface area contributed by atoms with Gasteiger partial charge in [-0.25, -0.2) is 15.0 Å². The number of anilines is 1. The van der Waals surface area contributed by atoms with Crippen molar-refractivity contribution in [1.82, 2.24) is 19.5 Å². The highest BCUT2D eigenvalue weighted by Gasteiger charge is 2.45. The summed E-state index contributed by atoms with van der Waals surface area (Å²) >= 11 is 0. The molecule has 15 rings (SSSR count). The Hall–Kier alpha value is -7.89. The van der Waals surface area contributed by atoms with Gasteiger partial charge >= 0.3 is 0 Å². The molecule has 5 aliphatic carbocycles. The Labute approximate surface area is 408 Å². The zero-order chi connectivity index (χ0) is 45.9. The van der Waals surface area contributed by atoms with Gasteiger partial charge in [-0.15, -0.1) is 0 Å². The van der Waals surface area contributed by atoms with E-state index in [0.29, 0.717) is 0 Å². The third-order valence-electron chi connectivity index (χ3n) is 16.6. The van der Waals surface area contributed by atoms with Crippen LogP contribution in [0, 0.1) is 5.92 Å². The van der Waals surface area contributed by atoms with Gasteiger partial charge in [0.2, 0.25) is 0 Å². The molecule has 5 nitrogen and oxygen atoms in total. The van der Waals surface area contributed by atoms with Crippen LogP contribution in [0.1, 0.15) is 83.0 Å². The van der Waals surface area contributed by atoms with Gasteiger partial charge in [-0.1, -0.05) is 170 Å². The summed E-state index contributed by atoms with van der Waals surface area (Å²) in [6.07, 6.45) is 30.0. The smallest absolute Gasteiger partial charge is 0.163 e. The predicted octanol–water partition coefficient (Wildman–Crippen LogP) is 15.1. The lowest BCUT2D eigenvalue weighted by Crippen LogP contribution is -2.44. The number of hydrogen-bond donors (Lipinski definition) is 0. The zero-order valence-corrected chi connectivity index (χ0v) is 39.0. The molecule has 6 aliphatic rings. The molecular formula is C65H51N5. The molecule has 0 N–H and O–H groups in total. The lowest BCUT2D eigenvalue weighted by atomic mass is 9.78. The molecule has 9 aromatic rings. The minimum absolute atomic E-state index is 0.0204. The van der Waals surface area contributed by atoms with Gasteiger partial charge in [0.15, 0.2) is 11.6 Å². The Kier molecular flexibility index (Phi) is 9.05. The highest BCUT2D eigenvalue weighted by atomic mass is 15.2. The normalized spacial score (nSPS) is 23.0. The number of para-hydroxylation sites is 1. The van der Waals surface area contributed by atoms with Gasteiger partial charge in [-0.3, -0.25) is 0 Å². The molecule has 0 amide bonds. The summed E-state index contributed by atoms with van der Waals surface area (Å²) < 4.78 is 2.67. The molecule has 6 unspecified atom stereocenters. The molecule has 0 bridgehead atoms. The van der Waals surface area contributed by atoms with Crippen LogP contribution >= 0.6 is 0 Å². The van der Waals surface area contributed by atoms with Gasteiger partial charge in [0.25, 0.3) is 0 Å². The van der Waals surface area contributed by atoms with E-state index in [1.54, 1.807) is 0 Å². The highest BCUT2D eigenvalue weighted by Crippen LogP contribution is 2.53. The van der Waals surface area contributed by atoms with E-state index in [4.69, 9.17) is 15.0 Å². The molecule has 3 heterocycles. The Morgan fingerprint density at radius 3 is 2.24 bits per heavy atom. The van der Waals surface area contributed by atoms with Crippen molar-refractivity contribution >= 4 is 66.8 Å². The SMILES string of the molecule is C1=Cc2cc3c(cc2CC1)c1ccccc1n3C1C=CC2c3cc4ccccc4cc3N(C3C=CC4CC=CC(c5nc(-c6ccccc6)nc(C6C=Cc7ccc8ccccc8c7C6)n5)=C4C3)C2C1. The monoisotopic (exact) mass is 901 g/mol. The summed E-state index contributed by atoms with van der Waals surface area (Å²) in [5.74, 6) is 2.93. The first-order valence-corrected chi connectivity index (χ1v) is 25.5. The maximum absolute atomic E-state index is 5.49. The quantitative estimate of drug-likeness (QED) is 0.161. The third kappa shape index (κ3) is 6.33. The molecule has 70 heavy (non-hydrogen) atoms. The summed E-state index contributed by atoms with van der Waals surface area (Å²) in [5, 5.41) is 7.90. The van der Waals surface area contributed by atoms with E-state index < -0.39 is 0 Å². The van der Waals surface area contributed by atoms with Gasteiger partial charge in [0.05, 0.1) is 17.6 Å². The van der Waals surface area contributed by atoms with Crippen LogP contribution in [0.5, 0.6) is 0 Å². The standard InChI is InChI=1S/C65H51N5/c1-2-14-43(15-3-1)63-66-64(48-28-27-42-26-25-40-13-8-9-21-51(40)55(42)35-48)68-65(67-63)54-23-12-20-41-29-30-49(38-56(41)54)70-61-37-47-19-7-5-17-45(47)34-58(61)53-32-31-50(39-62(53)70)69-59-24-11-10-22-52(59)57-33-44-16-4-6-18-46(44)36-60(57)69/h1-3,5-15,17-19,21-34,36-37,41,48-50,53,62H,4,16,20,35,38-39H2. The maximum Gasteiger partial charge on any atom is 0.163 e. The summed E-state index contributed by atoms with van der Waals surface area (Å²) in [5.41, 5.74) is 14.5. The fourth-order valence-corrected chi connectivity index (χ4v) is 13.3. The van der Waals surface area contributed by atoms with Gasteiger partial charge in [0.1, 0.15) is 5.82 Å². The van der Waals surface area contributed by atoms with Crippen LogP contribution in [0.4, 0.5) is 5.69 Å². The molecule has 0 radical (unpaired) electrons. The summed E-state index contributed by atoms with van der Waals surface area (Å²) in [6, 6.07) is 52.3. The fraction of sp³-hybridized carbons (Fsp3) is 0.185. The molecular weight excluding hydrogens is 851 g/mol. The number of benzene rings is 7. The Bertz CT molecular complexity index is 3840. The van der Waals surface area contributed by atoms with E-state index in [2.05, 4.69) is 210 Å². The topological polar surface area (TPSA) is 46.8 Å². The summed E-state index contributed by atoms with van der Waals surface area (Å²) in [7, 11) is 0. The molecule has 2 aromatic heterocycles. The number of rotatable bonds is 5. The van der Waals surface area contributed by atoms with Crippen LogP contribution in [-0.2, 0) is 12.8 Å². The van der Waals surface area contributed by atoms with Crippen LogP contribution in [0.2, 0.25) is 0 Å². The molecule has 0 fully saturated rings. The molecule has 5 heteroatoms. The first-order chi connectivity index (χ1) is 34.7. The number of fused-ring (bicyclic) bond motifs is 12. The molecule has 0 saturated heterocycles. The van der Waals surface area contributed by atoms with E-state index in [-0.39, 0.29) is 35.9 Å². The number of aryl methyl sites for hydroxylation is 1. The summed E-state index contributed by atoms with van der Waals surface area (Å²) in [6.45, 7) is 0. The van der Waals surface area contributed by atoms with Crippen molar-refractivity contribution in [3.05, 3.63) is 233 Å². The minimum Gasteiger partial charge on any atom is -0.360 e. The lowest BCUT2D eigenvalue weighted by Gasteiger charge is -2.42. The Morgan fingerprint density at radius 2 is 1.33 bits per heavy atom. The number of hydrogen-bond acceptors (Lipinski definition) is 4. The lowest BCUT2D eigenvalue weighted by molar-refractivity contribution is 0.424. The summed E-state index contributed by atoms with van der Waals surface area (Å²) in [4.78, 5) is 19.0. The fourth-order valence-electron chi connectivity index (χ4n) is 13.3. The Morgan fingerprint density at radius 1 is 0.529 bits per heavy atom. The average molecular weight is 902 g/mol. The zero-order valence-electron chi connectivity index (χ0n) is 39.0. The van der Waals surface area contributed by atoms with Gasteiger partial charge in [0, 0.05) is 56.9 Å². The maximum atomic E-state index is 5.49. The van der Waals surface area contributed by atoms with Gasteiger partial charge < -0.3 is 9.47 Å². The van der Waals surface area contributed by atoms with Crippen LogP contribution in [0.25, 0.3) is 72.5 Å². The van der Waals surface area contributed by atoms with E-state index in [1.165, 1.54) is 82.4 Å². The van der Waals surface area contributed by atoms with E-state index in [9.17, 15) is 0 Å². The molecule has 7 aromatic carbocycles. The van der Waals surface area contributed by atoms with E-state index in [0.717, 1.165) is 67.1 Å². The first kappa shape index (κ1) is 40.0. The average Bonchev–Trinajstić information content (AvgIpc) is 3.92. The number of nitrogens with zero attached hydrogens (tertiary/aromatic N) is 5. The highest BCUT2D eigenvalue weighted by molar-refractivity contribution is 6.09. The van der Waals surface area contributed by atoms with Crippen molar-refractivity contribution in [3.63, 3.8) is 0 Å². The molecule has 6 atom stereocenters. The molecule has 1 aliphatic heterocycles. The first-order valence-electron chi connectivity index (χ1n) is 25.5. The predicted molar refractivity (Wildman–Crippen MR) is 289 cm³/mol. The van der Waals surface area contributed by atoms with Crippen molar-refractivity contribution in [2.24, 2.45) is 5.92 Å². The van der Waals surface area contributed by atoms with E-state index in [1.807, 2.05) is 0 Å². The van der Waals surface area contributed by atoms with Crippen molar-refractivity contribution in [2.45, 2.75) is 68.5 Å². The second-order valence-corrected chi connectivity index (χ2v) is 20.4. The van der Waals surface area contributed by atoms with Crippen LogP contribution in [0.3, 0.4) is 0 Å². The van der Waals surface area contributed by atoms with Crippen LogP contribution in [0.15, 0.2) is 194 Å². The van der Waals surface area contributed by atoms with Crippen LogP contribution < -0.4 is 4.90 Å². The number of aromatic nitrogens is 4. The van der Waals surface area contributed by atoms with E-state index >= 15 is 0 Å². The van der Waals surface area contributed by atoms with Crippen molar-refractivity contribution in [3.8, 4) is 11.4 Å². The molecule has 336 valence electrons. The Balaban J connectivity index is 0.843. The van der Waals surface area contributed by atoms with Crippen molar-refractivity contribution in [1.29, 1.82) is 0 Å². The number of allylic oxidation sites excluding steroid dienone is 7. The van der Waals surface area contributed by atoms with Crippen molar-refractivity contribution < 1.29 is 0 Å². The molecule has 0 saturated carbocycles.